The van der Waals surface area contributed by atoms with Gasteiger partial charge in [0.1, 0.15) is 0 Å². The van der Waals surface area contributed by atoms with E-state index in [1.165, 1.54) is 38.7 Å². The molecule has 0 atom stereocenters. The summed E-state index contributed by atoms with van der Waals surface area (Å²) >= 11 is 0. The van der Waals surface area contributed by atoms with Crippen molar-refractivity contribution in [3.05, 3.63) is 175 Å². The number of hydrogen-bond acceptors (Lipinski definition) is 3. The van der Waals surface area contributed by atoms with Gasteiger partial charge in [-0.15, -0.1) is 0 Å². The van der Waals surface area contributed by atoms with Crippen molar-refractivity contribution < 1.29 is 0 Å². The minimum atomic E-state index is -0.0188. The second kappa shape index (κ2) is 12.6. The fraction of sp³-hybridized carbons (Fsp3) is 0.167. The van der Waals surface area contributed by atoms with Crippen molar-refractivity contribution in [2.75, 3.05) is 0 Å². The van der Waals surface area contributed by atoms with E-state index >= 15 is 0 Å². The minimum Gasteiger partial charge on any atom is -0.309 e. The summed E-state index contributed by atoms with van der Waals surface area (Å²) in [6.07, 6.45) is 0. The predicted molar refractivity (Wildman–Crippen MR) is 245 cm³/mol. The topological polar surface area (TPSA) is 48.5 Å². The molecule has 0 saturated carbocycles. The average molecular weight is 764 g/mol. The third-order valence-corrected chi connectivity index (χ3v) is 14.3. The van der Waals surface area contributed by atoms with Crippen LogP contribution < -0.4 is 0 Å². The van der Waals surface area contributed by atoms with Gasteiger partial charge in [-0.05, 0) is 74.9 Å². The molecule has 1 aliphatic carbocycles. The molecular formula is C54H45N5. The molecule has 0 spiro atoms. The van der Waals surface area contributed by atoms with Crippen LogP contribution in [0, 0.1) is 5.41 Å². The highest BCUT2D eigenvalue weighted by molar-refractivity contribution is 6.19. The van der Waals surface area contributed by atoms with Crippen molar-refractivity contribution >= 4 is 43.6 Å². The van der Waals surface area contributed by atoms with Gasteiger partial charge in [0.05, 0.1) is 22.1 Å². The molecule has 5 heteroatoms. The van der Waals surface area contributed by atoms with Gasteiger partial charge >= 0.3 is 0 Å². The van der Waals surface area contributed by atoms with Crippen molar-refractivity contribution in [1.29, 1.82) is 0 Å². The zero-order chi connectivity index (χ0) is 40.3. The highest BCUT2D eigenvalue weighted by Crippen LogP contribution is 2.61. The molecule has 59 heavy (non-hydrogen) atoms. The zero-order valence-electron chi connectivity index (χ0n) is 34.3. The molecule has 0 saturated heterocycles. The lowest BCUT2D eigenvalue weighted by atomic mass is 9.59. The Labute approximate surface area is 344 Å². The lowest BCUT2D eigenvalue weighted by Gasteiger charge is -2.44. The van der Waals surface area contributed by atoms with Crippen LogP contribution >= 0.6 is 0 Å². The highest BCUT2D eigenvalue weighted by Gasteiger charge is 2.56. The number of para-hydroxylation sites is 2. The van der Waals surface area contributed by atoms with Crippen LogP contribution in [-0.2, 0) is 10.8 Å². The molecule has 0 N–H and O–H groups in total. The SMILES string of the molecule is CC1(C)c2ccc(-n3c4ccccc4c4cc5c6ccccc6n(-c6nc(-c7ccccc7)nc(-c7ccc(-c8ccccc8)cc7)n6)c5cc43)cc2C(C)(C)C1(C)C. The molecule has 0 unspecified atom stereocenters. The van der Waals surface area contributed by atoms with Crippen LogP contribution in [0.25, 0.3) is 89.2 Å². The molecule has 1 aliphatic rings. The summed E-state index contributed by atoms with van der Waals surface area (Å²) in [5.41, 5.74) is 12.7. The van der Waals surface area contributed by atoms with E-state index in [1.807, 2.05) is 24.3 Å². The maximum atomic E-state index is 5.29. The summed E-state index contributed by atoms with van der Waals surface area (Å²) in [5.74, 6) is 1.84. The molecule has 0 aliphatic heterocycles. The van der Waals surface area contributed by atoms with Crippen molar-refractivity contribution in [3.63, 3.8) is 0 Å². The Morgan fingerprint density at radius 3 is 1.46 bits per heavy atom. The van der Waals surface area contributed by atoms with Crippen LogP contribution in [0.4, 0.5) is 0 Å². The van der Waals surface area contributed by atoms with Crippen LogP contribution in [0.2, 0.25) is 0 Å². The Morgan fingerprint density at radius 1 is 0.356 bits per heavy atom. The molecular weight excluding hydrogens is 719 g/mol. The maximum Gasteiger partial charge on any atom is 0.238 e. The fourth-order valence-electron chi connectivity index (χ4n) is 9.87. The predicted octanol–water partition coefficient (Wildman–Crippen LogP) is 13.7. The fourth-order valence-corrected chi connectivity index (χ4v) is 9.87. The summed E-state index contributed by atoms with van der Waals surface area (Å²) < 4.78 is 4.70. The quantitative estimate of drug-likeness (QED) is 0.175. The normalized spacial score (nSPS) is 15.4. The third kappa shape index (κ3) is 5.07. The molecule has 11 rings (SSSR count). The molecule has 3 aromatic heterocycles. The molecule has 0 amide bonds. The van der Waals surface area contributed by atoms with E-state index in [9.17, 15) is 0 Å². The second-order valence-corrected chi connectivity index (χ2v) is 17.8. The molecule has 0 bridgehead atoms. The molecule has 7 aromatic carbocycles. The van der Waals surface area contributed by atoms with E-state index in [0.29, 0.717) is 17.6 Å². The van der Waals surface area contributed by atoms with E-state index < -0.39 is 0 Å². The van der Waals surface area contributed by atoms with Crippen LogP contribution in [-0.4, -0.2) is 24.1 Å². The first-order chi connectivity index (χ1) is 28.5. The average Bonchev–Trinajstić information content (AvgIpc) is 3.80. The number of benzene rings is 7. The van der Waals surface area contributed by atoms with Gasteiger partial charge in [-0.2, -0.15) is 9.97 Å². The number of aromatic nitrogens is 5. The van der Waals surface area contributed by atoms with E-state index in [1.54, 1.807) is 0 Å². The molecule has 10 aromatic rings. The Balaban J connectivity index is 1.17. The number of fused-ring (bicyclic) bond motifs is 7. The Kier molecular flexibility index (Phi) is 7.53. The highest BCUT2D eigenvalue weighted by atomic mass is 15.2. The summed E-state index contributed by atoms with van der Waals surface area (Å²) in [7, 11) is 0. The monoisotopic (exact) mass is 763 g/mol. The van der Waals surface area contributed by atoms with Crippen LogP contribution in [0.15, 0.2) is 164 Å². The summed E-state index contributed by atoms with van der Waals surface area (Å²) in [5, 5.41) is 4.76. The maximum absolute atomic E-state index is 5.29. The summed E-state index contributed by atoms with van der Waals surface area (Å²) in [4.78, 5) is 15.7. The summed E-state index contributed by atoms with van der Waals surface area (Å²) in [6, 6.07) is 58.6. The van der Waals surface area contributed by atoms with Gasteiger partial charge in [0.25, 0.3) is 0 Å². The van der Waals surface area contributed by atoms with Gasteiger partial charge < -0.3 is 4.57 Å². The van der Waals surface area contributed by atoms with Crippen molar-refractivity contribution in [3.8, 4) is 45.5 Å². The molecule has 0 fully saturated rings. The van der Waals surface area contributed by atoms with Gasteiger partial charge in [-0.1, -0.05) is 169 Å². The van der Waals surface area contributed by atoms with E-state index in [4.69, 9.17) is 15.0 Å². The van der Waals surface area contributed by atoms with E-state index in [-0.39, 0.29) is 16.2 Å². The van der Waals surface area contributed by atoms with Gasteiger partial charge in [-0.25, -0.2) is 4.98 Å². The summed E-state index contributed by atoms with van der Waals surface area (Å²) in [6.45, 7) is 14.5. The van der Waals surface area contributed by atoms with Crippen molar-refractivity contribution in [1.82, 2.24) is 24.1 Å². The van der Waals surface area contributed by atoms with Crippen molar-refractivity contribution in [2.45, 2.75) is 52.4 Å². The molecule has 5 nitrogen and oxygen atoms in total. The van der Waals surface area contributed by atoms with Gasteiger partial charge in [0.2, 0.25) is 5.95 Å². The number of hydrogen-bond donors (Lipinski definition) is 0. The Hall–Kier alpha value is -6.85. The van der Waals surface area contributed by atoms with Crippen LogP contribution in [0.1, 0.15) is 52.7 Å². The minimum absolute atomic E-state index is 0.0188. The molecule has 3 heterocycles. The van der Waals surface area contributed by atoms with Gasteiger partial charge in [0, 0.05) is 38.4 Å². The van der Waals surface area contributed by atoms with Gasteiger partial charge in [0.15, 0.2) is 11.6 Å². The Bertz CT molecular complexity index is 3280. The smallest absolute Gasteiger partial charge is 0.238 e. The molecule has 286 valence electrons. The van der Waals surface area contributed by atoms with Crippen LogP contribution in [0.3, 0.4) is 0 Å². The third-order valence-electron chi connectivity index (χ3n) is 14.3. The first-order valence-corrected chi connectivity index (χ1v) is 20.6. The first-order valence-electron chi connectivity index (χ1n) is 20.6. The van der Waals surface area contributed by atoms with E-state index in [0.717, 1.165) is 44.0 Å². The number of nitrogens with zero attached hydrogens (tertiary/aromatic N) is 5. The lowest BCUT2D eigenvalue weighted by molar-refractivity contribution is 0.125. The van der Waals surface area contributed by atoms with Crippen LogP contribution in [0.5, 0.6) is 0 Å². The lowest BCUT2D eigenvalue weighted by Crippen LogP contribution is -2.42. The van der Waals surface area contributed by atoms with Crippen molar-refractivity contribution in [2.24, 2.45) is 5.41 Å². The number of rotatable bonds is 5. The molecule has 0 radical (unpaired) electrons. The largest absolute Gasteiger partial charge is 0.309 e. The second-order valence-electron chi connectivity index (χ2n) is 17.8. The standard InChI is InChI=1S/C54H45N5/c1-52(2)43-30-29-38(31-44(43)53(3,4)54(52,5)6)58-45-23-15-13-21-39(45)41-32-42-40-22-14-16-24-46(40)59(48(42)33-47(41)58)51-56-49(36-19-11-8-12-20-36)55-50(57-51)37-27-25-35(26-28-37)34-17-9-7-10-18-34/h7-33H,1-6H3. The zero-order valence-corrected chi connectivity index (χ0v) is 34.3. The first kappa shape index (κ1) is 35.3. The van der Waals surface area contributed by atoms with E-state index in [2.05, 4.69) is 190 Å². The Morgan fingerprint density at radius 2 is 0.831 bits per heavy atom. The van der Waals surface area contributed by atoms with Gasteiger partial charge in [-0.3, -0.25) is 4.57 Å².